The van der Waals surface area contributed by atoms with Crippen LogP contribution in [-0.4, -0.2) is 22.1 Å². The molecule has 1 atom stereocenters. The highest BCUT2D eigenvalue weighted by molar-refractivity contribution is 7.15. The molecule has 0 spiro atoms. The quantitative estimate of drug-likeness (QED) is 0.301. The Morgan fingerprint density at radius 1 is 1.14 bits per heavy atom. The van der Waals surface area contributed by atoms with Gasteiger partial charge in [0.1, 0.15) is 11.6 Å². The molecule has 5 nitrogen and oxygen atoms in total. The zero-order chi connectivity index (χ0) is 24.7. The molecule has 2 aromatic carbocycles. The maximum atomic E-state index is 13.5. The number of halogens is 3. The molecule has 0 bridgehead atoms. The summed E-state index contributed by atoms with van der Waals surface area (Å²) in [6, 6.07) is 10.4. The van der Waals surface area contributed by atoms with Gasteiger partial charge in [0.25, 0.3) is 0 Å². The van der Waals surface area contributed by atoms with Crippen LogP contribution in [-0.2, 0) is 12.6 Å². The lowest BCUT2D eigenvalue weighted by Gasteiger charge is -2.23. The number of ether oxygens (including phenoxy) is 1. The minimum absolute atomic E-state index is 0.147. The van der Waals surface area contributed by atoms with E-state index < -0.39 is 11.7 Å². The summed E-state index contributed by atoms with van der Waals surface area (Å²) in [6.45, 7) is 3.44. The van der Waals surface area contributed by atoms with Crippen molar-refractivity contribution >= 4 is 22.2 Å². The van der Waals surface area contributed by atoms with Crippen LogP contribution in [0, 0.1) is 13.8 Å². The highest BCUT2D eigenvalue weighted by atomic mass is 32.1. The fraction of sp³-hybridized carbons (Fsp3) is 0.308. The summed E-state index contributed by atoms with van der Waals surface area (Å²) in [7, 11) is 1.61. The standard InChI is InChI=1S/C26H25F3N4OS/c1-14-7-8-16(11-20(14)26(27,28)29)18-5-4-6-22-23(18)33-25(35-22)32-17-9-10-19(21(12-17)34-3)24-30-13-15(2)31-24/h7-13,18H,4-6H2,1-3H3,(H,30,31)(H,32,33). The lowest BCUT2D eigenvalue weighted by Crippen LogP contribution is -2.13. The minimum Gasteiger partial charge on any atom is -0.496 e. The molecule has 4 aromatic rings. The SMILES string of the molecule is COc1cc(Nc2nc3c(s2)CCCC3c2ccc(C)c(C(F)(F)F)c2)ccc1-c1ncc(C)[nH]1. The van der Waals surface area contributed by atoms with Crippen molar-refractivity contribution in [1.82, 2.24) is 15.0 Å². The van der Waals surface area contributed by atoms with E-state index >= 15 is 0 Å². The molecule has 9 heteroatoms. The monoisotopic (exact) mass is 498 g/mol. The Balaban J connectivity index is 1.43. The van der Waals surface area contributed by atoms with Crippen LogP contribution in [0.5, 0.6) is 5.75 Å². The number of fused-ring (bicyclic) bond motifs is 1. The average Bonchev–Trinajstić information content (AvgIpc) is 3.44. The Labute approximate surface area is 205 Å². The maximum absolute atomic E-state index is 13.5. The summed E-state index contributed by atoms with van der Waals surface area (Å²) in [4.78, 5) is 13.5. The van der Waals surface area contributed by atoms with Gasteiger partial charge in [-0.15, -0.1) is 11.3 Å². The highest BCUT2D eigenvalue weighted by Gasteiger charge is 2.34. The number of nitrogens with zero attached hydrogens (tertiary/aromatic N) is 2. The number of aromatic nitrogens is 3. The van der Waals surface area contributed by atoms with Crippen LogP contribution < -0.4 is 10.1 Å². The van der Waals surface area contributed by atoms with Crippen molar-refractivity contribution in [2.45, 2.75) is 45.2 Å². The number of hydrogen-bond acceptors (Lipinski definition) is 5. The molecular weight excluding hydrogens is 473 g/mol. The van der Waals surface area contributed by atoms with Crippen molar-refractivity contribution in [2.75, 3.05) is 12.4 Å². The van der Waals surface area contributed by atoms with E-state index in [0.29, 0.717) is 16.4 Å². The van der Waals surface area contributed by atoms with Gasteiger partial charge >= 0.3 is 6.18 Å². The molecule has 2 aromatic heterocycles. The van der Waals surface area contributed by atoms with Crippen LogP contribution in [0.15, 0.2) is 42.6 Å². The molecular formula is C26H25F3N4OS. The number of benzene rings is 2. The fourth-order valence-electron chi connectivity index (χ4n) is 4.60. The van der Waals surface area contributed by atoms with E-state index in [1.807, 2.05) is 25.1 Å². The zero-order valence-corrected chi connectivity index (χ0v) is 20.4. The van der Waals surface area contributed by atoms with Crippen LogP contribution in [0.3, 0.4) is 0 Å². The number of imidazole rings is 1. The van der Waals surface area contributed by atoms with Crippen molar-refractivity contribution in [1.29, 1.82) is 0 Å². The first-order valence-corrected chi connectivity index (χ1v) is 12.2. The summed E-state index contributed by atoms with van der Waals surface area (Å²) in [6.07, 6.45) is -0.0282. The molecule has 182 valence electrons. The molecule has 5 rings (SSSR count). The number of hydrogen-bond donors (Lipinski definition) is 2. The number of aryl methyl sites for hydroxylation is 3. The van der Waals surface area contributed by atoms with Gasteiger partial charge in [0.05, 0.1) is 23.9 Å². The van der Waals surface area contributed by atoms with Gasteiger partial charge in [-0.05, 0) is 62.4 Å². The molecule has 0 fully saturated rings. The van der Waals surface area contributed by atoms with Crippen molar-refractivity contribution in [3.05, 3.63) is 75.6 Å². The van der Waals surface area contributed by atoms with Gasteiger partial charge in [-0.1, -0.05) is 12.1 Å². The van der Waals surface area contributed by atoms with Crippen LogP contribution >= 0.6 is 11.3 Å². The first kappa shape index (κ1) is 23.4. The van der Waals surface area contributed by atoms with E-state index in [9.17, 15) is 13.2 Å². The predicted octanol–water partition coefficient (Wildman–Crippen LogP) is 7.39. The van der Waals surface area contributed by atoms with Crippen molar-refractivity contribution < 1.29 is 17.9 Å². The average molecular weight is 499 g/mol. The normalized spacial score (nSPS) is 15.7. The third kappa shape index (κ3) is 4.65. The minimum atomic E-state index is -4.37. The smallest absolute Gasteiger partial charge is 0.416 e. The second-order valence-corrected chi connectivity index (χ2v) is 9.88. The van der Waals surface area contributed by atoms with E-state index in [1.54, 1.807) is 36.8 Å². The van der Waals surface area contributed by atoms with E-state index in [1.165, 1.54) is 13.0 Å². The van der Waals surface area contributed by atoms with Gasteiger partial charge in [-0.2, -0.15) is 13.2 Å². The Morgan fingerprint density at radius 2 is 1.97 bits per heavy atom. The van der Waals surface area contributed by atoms with Gasteiger partial charge in [-0.25, -0.2) is 9.97 Å². The zero-order valence-electron chi connectivity index (χ0n) is 19.6. The number of anilines is 2. The summed E-state index contributed by atoms with van der Waals surface area (Å²) < 4.78 is 46.1. The summed E-state index contributed by atoms with van der Waals surface area (Å²) in [5.41, 5.74) is 3.82. The lowest BCUT2D eigenvalue weighted by atomic mass is 9.84. The highest BCUT2D eigenvalue weighted by Crippen LogP contribution is 2.43. The fourth-order valence-corrected chi connectivity index (χ4v) is 5.68. The summed E-state index contributed by atoms with van der Waals surface area (Å²) >= 11 is 1.56. The molecule has 2 heterocycles. The molecule has 0 amide bonds. The predicted molar refractivity (Wildman–Crippen MR) is 132 cm³/mol. The molecule has 1 aliphatic carbocycles. The van der Waals surface area contributed by atoms with Crippen LogP contribution in [0.2, 0.25) is 0 Å². The van der Waals surface area contributed by atoms with Gasteiger partial charge < -0.3 is 15.0 Å². The van der Waals surface area contributed by atoms with Crippen molar-refractivity contribution in [3.8, 4) is 17.1 Å². The number of alkyl halides is 3. The van der Waals surface area contributed by atoms with Gasteiger partial charge in [-0.3, -0.25) is 0 Å². The van der Waals surface area contributed by atoms with E-state index in [4.69, 9.17) is 9.72 Å². The maximum Gasteiger partial charge on any atom is 0.416 e. The molecule has 0 radical (unpaired) electrons. The van der Waals surface area contributed by atoms with Crippen molar-refractivity contribution in [3.63, 3.8) is 0 Å². The summed E-state index contributed by atoms with van der Waals surface area (Å²) in [5, 5.41) is 4.07. The Hall–Kier alpha value is -3.33. The Bertz CT molecular complexity index is 1380. The Morgan fingerprint density at radius 3 is 2.69 bits per heavy atom. The number of aromatic amines is 1. The topological polar surface area (TPSA) is 62.8 Å². The molecule has 0 aliphatic heterocycles. The number of nitrogens with one attached hydrogen (secondary N) is 2. The molecule has 0 saturated carbocycles. The molecule has 1 unspecified atom stereocenters. The second-order valence-electron chi connectivity index (χ2n) is 8.80. The first-order chi connectivity index (χ1) is 16.7. The number of H-pyrrole nitrogens is 1. The first-order valence-electron chi connectivity index (χ1n) is 11.4. The number of methoxy groups -OCH3 is 1. The van der Waals surface area contributed by atoms with Crippen LogP contribution in [0.4, 0.5) is 24.0 Å². The van der Waals surface area contributed by atoms with Gasteiger partial charge in [0, 0.05) is 34.4 Å². The summed E-state index contributed by atoms with van der Waals surface area (Å²) in [5.74, 6) is 1.25. The molecule has 1 aliphatic rings. The number of thiazole rings is 1. The third-order valence-corrected chi connectivity index (χ3v) is 7.38. The lowest BCUT2D eigenvalue weighted by molar-refractivity contribution is -0.138. The molecule has 0 saturated heterocycles. The third-order valence-electron chi connectivity index (χ3n) is 6.33. The van der Waals surface area contributed by atoms with E-state index in [2.05, 4.69) is 15.3 Å². The Kier molecular flexibility index (Phi) is 6.04. The van der Waals surface area contributed by atoms with Gasteiger partial charge in [0.2, 0.25) is 0 Å². The van der Waals surface area contributed by atoms with Gasteiger partial charge in [0.15, 0.2) is 5.13 Å². The van der Waals surface area contributed by atoms with E-state index in [0.717, 1.165) is 52.6 Å². The van der Waals surface area contributed by atoms with E-state index in [-0.39, 0.29) is 11.5 Å². The largest absolute Gasteiger partial charge is 0.496 e. The van der Waals surface area contributed by atoms with Crippen molar-refractivity contribution in [2.24, 2.45) is 0 Å². The number of rotatable bonds is 5. The van der Waals surface area contributed by atoms with Crippen LogP contribution in [0.25, 0.3) is 11.4 Å². The second kappa shape index (κ2) is 9.03. The molecule has 2 N–H and O–H groups in total. The van der Waals surface area contributed by atoms with Crippen LogP contribution in [0.1, 0.15) is 51.7 Å². The molecule has 35 heavy (non-hydrogen) atoms.